The number of hydrogen-bond acceptors (Lipinski definition) is 3. The van der Waals surface area contributed by atoms with Crippen molar-refractivity contribution in [3.63, 3.8) is 0 Å². The van der Waals surface area contributed by atoms with Crippen LogP contribution in [0, 0.1) is 6.92 Å². The molecule has 0 aromatic carbocycles. The molecule has 0 bridgehead atoms. The largest absolute Gasteiger partial charge is 0.240 e. The summed E-state index contributed by atoms with van der Waals surface area (Å²) >= 11 is 9.11. The van der Waals surface area contributed by atoms with Crippen LogP contribution in [-0.4, -0.2) is 19.7 Å². The van der Waals surface area contributed by atoms with Crippen LogP contribution < -0.4 is 0 Å². The molecule has 0 spiro atoms. The van der Waals surface area contributed by atoms with Crippen LogP contribution in [0.5, 0.6) is 0 Å². The molecule has 0 atom stereocenters. The summed E-state index contributed by atoms with van der Waals surface area (Å²) in [6, 6.07) is 0. The number of nitrogens with zero attached hydrogens (tertiary/aromatic N) is 4. The van der Waals surface area contributed by atoms with Crippen molar-refractivity contribution < 1.29 is 0 Å². The monoisotopic (exact) mass is 272 g/mol. The third-order valence-electron chi connectivity index (χ3n) is 1.61. The van der Waals surface area contributed by atoms with Crippen LogP contribution in [0.1, 0.15) is 5.82 Å². The van der Waals surface area contributed by atoms with E-state index in [9.17, 15) is 0 Å². The zero-order valence-corrected chi connectivity index (χ0v) is 9.62. The normalized spacial score (nSPS) is 10.5. The van der Waals surface area contributed by atoms with Gasteiger partial charge < -0.3 is 0 Å². The molecule has 0 aliphatic rings. The minimum atomic E-state index is 0.577. The highest BCUT2D eigenvalue weighted by Gasteiger charge is 2.06. The van der Waals surface area contributed by atoms with Gasteiger partial charge in [-0.05, 0) is 22.9 Å². The maximum atomic E-state index is 5.76. The Bertz CT molecular complexity index is 468. The lowest BCUT2D eigenvalue weighted by atomic mass is 10.5. The Morgan fingerprint density at radius 2 is 2.21 bits per heavy atom. The predicted octanol–water partition coefficient (Wildman–Crippen LogP) is 2.39. The molecule has 0 aliphatic heterocycles. The Kier molecular flexibility index (Phi) is 2.52. The molecule has 0 unspecified atom stereocenters. The lowest BCUT2D eigenvalue weighted by Crippen LogP contribution is -2.01. The van der Waals surface area contributed by atoms with E-state index in [1.54, 1.807) is 23.3 Å². The SMILES string of the molecule is Cc1ncc(Br)c(-n2cc(Cl)cn2)n1. The smallest absolute Gasteiger partial charge is 0.171 e. The van der Waals surface area contributed by atoms with Crippen molar-refractivity contribution in [2.75, 3.05) is 0 Å². The summed E-state index contributed by atoms with van der Waals surface area (Å²) in [4.78, 5) is 8.28. The van der Waals surface area contributed by atoms with Crippen molar-refractivity contribution in [3.8, 4) is 5.82 Å². The molecule has 0 radical (unpaired) electrons. The maximum Gasteiger partial charge on any atom is 0.171 e. The van der Waals surface area contributed by atoms with E-state index in [1.807, 2.05) is 6.92 Å². The van der Waals surface area contributed by atoms with Crippen molar-refractivity contribution in [1.82, 2.24) is 19.7 Å². The molecule has 0 aliphatic carbocycles. The molecule has 4 nitrogen and oxygen atoms in total. The maximum absolute atomic E-state index is 5.76. The Morgan fingerprint density at radius 3 is 2.86 bits per heavy atom. The van der Waals surface area contributed by atoms with Gasteiger partial charge in [0.05, 0.1) is 21.9 Å². The zero-order chi connectivity index (χ0) is 10.1. The number of rotatable bonds is 1. The zero-order valence-electron chi connectivity index (χ0n) is 7.28. The topological polar surface area (TPSA) is 43.6 Å². The first-order valence-electron chi connectivity index (χ1n) is 3.86. The third kappa shape index (κ3) is 1.78. The summed E-state index contributed by atoms with van der Waals surface area (Å²) in [7, 11) is 0. The number of hydrogen-bond donors (Lipinski definition) is 0. The van der Waals surface area contributed by atoms with E-state index in [4.69, 9.17) is 11.6 Å². The first-order chi connectivity index (χ1) is 6.66. The molecule has 2 aromatic rings. The van der Waals surface area contributed by atoms with Crippen LogP contribution in [0.15, 0.2) is 23.1 Å². The van der Waals surface area contributed by atoms with Crippen molar-refractivity contribution >= 4 is 27.5 Å². The van der Waals surface area contributed by atoms with Crippen molar-refractivity contribution in [2.24, 2.45) is 0 Å². The summed E-state index contributed by atoms with van der Waals surface area (Å²) in [5, 5.41) is 4.63. The molecule has 14 heavy (non-hydrogen) atoms. The molecule has 2 rings (SSSR count). The van der Waals surface area contributed by atoms with Gasteiger partial charge in [0.2, 0.25) is 0 Å². The molecule has 0 N–H and O–H groups in total. The minimum Gasteiger partial charge on any atom is -0.240 e. The molecule has 2 aromatic heterocycles. The summed E-state index contributed by atoms with van der Waals surface area (Å²) in [5.74, 6) is 1.37. The van der Waals surface area contributed by atoms with Crippen LogP contribution in [0.3, 0.4) is 0 Å². The fourth-order valence-electron chi connectivity index (χ4n) is 1.02. The van der Waals surface area contributed by atoms with Gasteiger partial charge in [-0.2, -0.15) is 5.10 Å². The molecule has 0 saturated carbocycles. The Morgan fingerprint density at radius 1 is 1.43 bits per heavy atom. The molecule has 72 valence electrons. The molecular formula is C8H6BrClN4. The lowest BCUT2D eigenvalue weighted by molar-refractivity contribution is 0.822. The van der Waals surface area contributed by atoms with Gasteiger partial charge in [0.25, 0.3) is 0 Å². The van der Waals surface area contributed by atoms with Gasteiger partial charge in [0.1, 0.15) is 5.82 Å². The van der Waals surface area contributed by atoms with Gasteiger partial charge in [-0.15, -0.1) is 0 Å². The van der Waals surface area contributed by atoms with E-state index in [0.717, 1.165) is 4.47 Å². The number of halogens is 2. The van der Waals surface area contributed by atoms with Gasteiger partial charge in [-0.25, -0.2) is 14.6 Å². The number of aromatic nitrogens is 4. The predicted molar refractivity (Wildman–Crippen MR) is 56.6 cm³/mol. The van der Waals surface area contributed by atoms with E-state index < -0.39 is 0 Å². The van der Waals surface area contributed by atoms with Crippen molar-refractivity contribution in [3.05, 3.63) is 33.9 Å². The first kappa shape index (κ1) is 9.61. The highest BCUT2D eigenvalue weighted by Crippen LogP contribution is 2.18. The fourth-order valence-corrected chi connectivity index (χ4v) is 1.53. The third-order valence-corrected chi connectivity index (χ3v) is 2.37. The Balaban J connectivity index is 2.55. The minimum absolute atomic E-state index is 0.577. The molecule has 0 saturated heterocycles. The molecule has 2 heterocycles. The van der Waals surface area contributed by atoms with Crippen LogP contribution in [-0.2, 0) is 0 Å². The molecule has 0 fully saturated rings. The average Bonchev–Trinajstić information content (AvgIpc) is 2.56. The van der Waals surface area contributed by atoms with E-state index in [-0.39, 0.29) is 0 Å². The highest BCUT2D eigenvalue weighted by molar-refractivity contribution is 9.10. The van der Waals surface area contributed by atoms with E-state index in [0.29, 0.717) is 16.7 Å². The van der Waals surface area contributed by atoms with Gasteiger partial charge in [-0.3, -0.25) is 0 Å². The van der Waals surface area contributed by atoms with Gasteiger partial charge >= 0.3 is 0 Å². The van der Waals surface area contributed by atoms with Crippen LogP contribution in [0.2, 0.25) is 5.02 Å². The van der Waals surface area contributed by atoms with Crippen LogP contribution in [0.4, 0.5) is 0 Å². The summed E-state index contributed by atoms with van der Waals surface area (Å²) in [6.45, 7) is 1.82. The van der Waals surface area contributed by atoms with Crippen LogP contribution >= 0.6 is 27.5 Å². The number of aryl methyl sites for hydroxylation is 1. The second-order valence-electron chi connectivity index (χ2n) is 2.69. The summed E-state index contributed by atoms with van der Waals surface area (Å²) < 4.78 is 2.38. The second kappa shape index (κ2) is 3.67. The summed E-state index contributed by atoms with van der Waals surface area (Å²) in [6.07, 6.45) is 4.94. The van der Waals surface area contributed by atoms with Gasteiger partial charge in [0, 0.05) is 6.20 Å². The fraction of sp³-hybridized carbons (Fsp3) is 0.125. The Labute approximate surface area is 94.1 Å². The second-order valence-corrected chi connectivity index (χ2v) is 3.98. The van der Waals surface area contributed by atoms with Crippen molar-refractivity contribution in [2.45, 2.75) is 6.92 Å². The van der Waals surface area contributed by atoms with E-state index in [1.165, 1.54) is 0 Å². The van der Waals surface area contributed by atoms with E-state index in [2.05, 4.69) is 31.0 Å². The standard InChI is InChI=1S/C8H6BrClN4/c1-5-11-3-7(9)8(13-5)14-4-6(10)2-12-14/h2-4H,1H3. The molecular weight excluding hydrogens is 267 g/mol. The highest BCUT2D eigenvalue weighted by atomic mass is 79.9. The summed E-state index contributed by atoms with van der Waals surface area (Å²) in [5.41, 5.74) is 0. The molecule has 6 heteroatoms. The van der Waals surface area contributed by atoms with Gasteiger partial charge in [-0.1, -0.05) is 11.6 Å². The van der Waals surface area contributed by atoms with Gasteiger partial charge in [0.15, 0.2) is 5.82 Å². The quantitative estimate of drug-likeness (QED) is 0.801. The average molecular weight is 274 g/mol. The van der Waals surface area contributed by atoms with Crippen LogP contribution in [0.25, 0.3) is 5.82 Å². The van der Waals surface area contributed by atoms with Crippen molar-refractivity contribution in [1.29, 1.82) is 0 Å². The molecule has 0 amide bonds. The lowest BCUT2D eigenvalue weighted by Gasteiger charge is -2.02. The Hall–Kier alpha value is -0.940. The van der Waals surface area contributed by atoms with E-state index >= 15 is 0 Å². The first-order valence-corrected chi connectivity index (χ1v) is 5.03.